The number of hydrogen-bond donors (Lipinski definition) is 1. The normalized spacial score (nSPS) is 10.7. The van der Waals surface area contributed by atoms with Gasteiger partial charge in [-0.25, -0.2) is 0 Å². The van der Waals surface area contributed by atoms with Crippen LogP contribution in [-0.4, -0.2) is 19.1 Å². The van der Waals surface area contributed by atoms with E-state index in [1.165, 1.54) is 0 Å². The van der Waals surface area contributed by atoms with Gasteiger partial charge in [0.2, 0.25) is 0 Å². The lowest BCUT2D eigenvalue weighted by Crippen LogP contribution is -2.28. The third-order valence-electron chi connectivity index (χ3n) is 4.65. The third kappa shape index (κ3) is 6.01. The highest BCUT2D eigenvalue weighted by atomic mass is 35.5. The Morgan fingerprint density at radius 1 is 0.933 bits per heavy atom. The Balaban J connectivity index is 1.45. The van der Waals surface area contributed by atoms with Gasteiger partial charge in [0.05, 0.1) is 6.54 Å². The average Bonchev–Trinajstić information content (AvgIpc) is 2.76. The molecular weight excluding hydrogens is 398 g/mol. The molecule has 0 saturated heterocycles. The Labute approximate surface area is 182 Å². The highest BCUT2D eigenvalue weighted by molar-refractivity contribution is 6.31. The first-order valence-electron chi connectivity index (χ1n) is 10.0. The Kier molecular flexibility index (Phi) is 7.75. The van der Waals surface area contributed by atoms with Crippen molar-refractivity contribution in [3.63, 3.8) is 0 Å². The summed E-state index contributed by atoms with van der Waals surface area (Å²) < 4.78 is 11.6. The molecule has 3 aromatic rings. The summed E-state index contributed by atoms with van der Waals surface area (Å²) in [6, 6.07) is 22.6. The van der Waals surface area contributed by atoms with Crippen molar-refractivity contribution < 1.29 is 14.3 Å². The van der Waals surface area contributed by atoms with E-state index in [1.807, 2.05) is 42.5 Å². The zero-order valence-electron chi connectivity index (χ0n) is 17.2. The van der Waals surface area contributed by atoms with E-state index < -0.39 is 0 Å². The van der Waals surface area contributed by atoms with E-state index in [4.69, 9.17) is 21.1 Å². The second-order valence-electron chi connectivity index (χ2n) is 7.20. The van der Waals surface area contributed by atoms with Gasteiger partial charge in [0.25, 0.3) is 5.91 Å². The van der Waals surface area contributed by atoms with Crippen molar-refractivity contribution in [3.8, 4) is 11.5 Å². The predicted octanol–water partition coefficient (Wildman–Crippen LogP) is 5.85. The summed E-state index contributed by atoms with van der Waals surface area (Å²) in [7, 11) is 0. The van der Waals surface area contributed by atoms with Crippen LogP contribution in [0.2, 0.25) is 5.02 Å². The van der Waals surface area contributed by atoms with Crippen LogP contribution in [0.1, 0.15) is 41.3 Å². The number of halogens is 1. The molecule has 30 heavy (non-hydrogen) atoms. The van der Waals surface area contributed by atoms with E-state index in [0.717, 1.165) is 16.9 Å². The maximum absolute atomic E-state index is 12.3. The van der Waals surface area contributed by atoms with Gasteiger partial charge in [-0.1, -0.05) is 61.8 Å². The molecule has 4 nitrogen and oxygen atoms in total. The largest absolute Gasteiger partial charge is 0.491 e. The van der Waals surface area contributed by atoms with Gasteiger partial charge < -0.3 is 14.8 Å². The Morgan fingerprint density at radius 3 is 2.37 bits per heavy atom. The molecule has 0 aliphatic carbocycles. The van der Waals surface area contributed by atoms with Crippen molar-refractivity contribution in [2.75, 3.05) is 13.2 Å². The van der Waals surface area contributed by atoms with Crippen molar-refractivity contribution in [2.45, 2.75) is 26.4 Å². The molecule has 0 aliphatic heterocycles. The SMILES string of the molecule is CC(C)c1ccccc1OCCNC(=O)c1ccc(OCc2ccccc2Cl)cc1. The standard InChI is InChI=1S/C25H26ClNO3/c1-18(2)22-8-4-6-10-24(22)29-16-15-27-25(28)19-11-13-21(14-12-19)30-17-20-7-3-5-9-23(20)26/h3-14,18H,15-17H2,1-2H3,(H,27,28). The molecule has 0 radical (unpaired) electrons. The van der Waals surface area contributed by atoms with Gasteiger partial charge in [0, 0.05) is 16.1 Å². The number of nitrogens with one attached hydrogen (secondary N) is 1. The van der Waals surface area contributed by atoms with E-state index in [9.17, 15) is 4.79 Å². The summed E-state index contributed by atoms with van der Waals surface area (Å²) in [6.07, 6.45) is 0. The molecule has 0 aliphatic rings. The number of para-hydroxylation sites is 1. The summed E-state index contributed by atoms with van der Waals surface area (Å²) in [5, 5.41) is 3.55. The van der Waals surface area contributed by atoms with Gasteiger partial charge in [0.15, 0.2) is 0 Å². The van der Waals surface area contributed by atoms with Gasteiger partial charge in [-0.05, 0) is 47.9 Å². The summed E-state index contributed by atoms with van der Waals surface area (Å²) in [4.78, 5) is 12.3. The van der Waals surface area contributed by atoms with Crippen LogP contribution in [0.25, 0.3) is 0 Å². The monoisotopic (exact) mass is 423 g/mol. The minimum atomic E-state index is -0.145. The number of hydrogen-bond acceptors (Lipinski definition) is 3. The fraction of sp³-hybridized carbons (Fsp3) is 0.240. The van der Waals surface area contributed by atoms with E-state index in [1.54, 1.807) is 24.3 Å². The predicted molar refractivity (Wildman–Crippen MR) is 121 cm³/mol. The zero-order valence-corrected chi connectivity index (χ0v) is 18.0. The molecule has 3 aromatic carbocycles. The minimum absolute atomic E-state index is 0.145. The molecule has 0 unspecified atom stereocenters. The van der Waals surface area contributed by atoms with E-state index in [0.29, 0.717) is 42.0 Å². The highest BCUT2D eigenvalue weighted by Gasteiger charge is 2.08. The smallest absolute Gasteiger partial charge is 0.251 e. The number of carbonyl (C=O) groups excluding carboxylic acids is 1. The van der Waals surface area contributed by atoms with Crippen LogP contribution in [0, 0.1) is 0 Å². The summed E-state index contributed by atoms with van der Waals surface area (Å²) in [5.74, 6) is 1.78. The lowest BCUT2D eigenvalue weighted by molar-refractivity contribution is 0.0947. The molecule has 1 amide bonds. The molecule has 3 rings (SSSR count). The van der Waals surface area contributed by atoms with Crippen LogP contribution in [0.5, 0.6) is 11.5 Å². The lowest BCUT2D eigenvalue weighted by atomic mass is 10.0. The van der Waals surface area contributed by atoms with Crippen molar-refractivity contribution in [1.82, 2.24) is 5.32 Å². The van der Waals surface area contributed by atoms with Crippen LogP contribution >= 0.6 is 11.6 Å². The Morgan fingerprint density at radius 2 is 1.63 bits per heavy atom. The Hall–Kier alpha value is -2.98. The highest BCUT2D eigenvalue weighted by Crippen LogP contribution is 2.25. The Bertz CT molecular complexity index is 970. The summed E-state index contributed by atoms with van der Waals surface area (Å²) in [6.45, 7) is 5.47. The number of ether oxygens (including phenoxy) is 2. The van der Waals surface area contributed by atoms with Crippen LogP contribution < -0.4 is 14.8 Å². The van der Waals surface area contributed by atoms with Crippen molar-refractivity contribution in [1.29, 1.82) is 0 Å². The summed E-state index contributed by atoms with van der Waals surface area (Å²) in [5.41, 5.74) is 2.65. The molecule has 0 fully saturated rings. The van der Waals surface area contributed by atoms with Gasteiger partial charge in [-0.3, -0.25) is 4.79 Å². The first-order valence-corrected chi connectivity index (χ1v) is 10.4. The van der Waals surface area contributed by atoms with Crippen molar-refractivity contribution in [3.05, 3.63) is 94.5 Å². The zero-order chi connectivity index (χ0) is 21.3. The molecule has 0 atom stereocenters. The first-order chi connectivity index (χ1) is 14.5. The van der Waals surface area contributed by atoms with E-state index >= 15 is 0 Å². The second-order valence-corrected chi connectivity index (χ2v) is 7.61. The molecule has 0 bridgehead atoms. The molecule has 0 saturated carbocycles. The average molecular weight is 424 g/mol. The quantitative estimate of drug-likeness (QED) is 0.439. The molecule has 156 valence electrons. The molecule has 0 spiro atoms. The molecule has 5 heteroatoms. The van der Waals surface area contributed by atoms with Crippen LogP contribution in [0.4, 0.5) is 0 Å². The maximum atomic E-state index is 12.3. The molecule has 0 aromatic heterocycles. The maximum Gasteiger partial charge on any atom is 0.251 e. The van der Waals surface area contributed by atoms with Crippen LogP contribution in [0.15, 0.2) is 72.8 Å². The van der Waals surface area contributed by atoms with Crippen LogP contribution in [-0.2, 0) is 6.61 Å². The van der Waals surface area contributed by atoms with Gasteiger partial charge in [0.1, 0.15) is 24.7 Å². The second kappa shape index (κ2) is 10.7. The third-order valence-corrected chi connectivity index (χ3v) is 5.02. The number of rotatable bonds is 9. The van der Waals surface area contributed by atoms with Crippen molar-refractivity contribution in [2.24, 2.45) is 0 Å². The fourth-order valence-corrected chi connectivity index (χ4v) is 3.19. The van der Waals surface area contributed by atoms with Gasteiger partial charge in [-0.2, -0.15) is 0 Å². The van der Waals surface area contributed by atoms with Crippen molar-refractivity contribution >= 4 is 17.5 Å². The molecule has 1 N–H and O–H groups in total. The van der Waals surface area contributed by atoms with Gasteiger partial charge in [-0.15, -0.1) is 0 Å². The summed E-state index contributed by atoms with van der Waals surface area (Å²) >= 11 is 6.14. The minimum Gasteiger partial charge on any atom is -0.491 e. The lowest BCUT2D eigenvalue weighted by Gasteiger charge is -2.14. The molecule has 0 heterocycles. The van der Waals surface area contributed by atoms with E-state index in [-0.39, 0.29) is 5.91 Å². The first kappa shape index (κ1) is 21.7. The number of amides is 1. The number of benzene rings is 3. The fourth-order valence-electron chi connectivity index (χ4n) is 3.00. The topological polar surface area (TPSA) is 47.6 Å². The van der Waals surface area contributed by atoms with Gasteiger partial charge >= 0.3 is 0 Å². The van der Waals surface area contributed by atoms with Crippen LogP contribution in [0.3, 0.4) is 0 Å². The van der Waals surface area contributed by atoms with E-state index in [2.05, 4.69) is 25.2 Å². The molecular formula is C25H26ClNO3. The number of carbonyl (C=O) groups is 1.